The van der Waals surface area contributed by atoms with E-state index in [1.165, 1.54) is 0 Å². The molecule has 11 nitrogen and oxygen atoms in total. The van der Waals surface area contributed by atoms with Gasteiger partial charge in [-0.15, -0.1) is 0 Å². The second-order valence-corrected chi connectivity index (χ2v) is 5.70. The molecular formula is C15H26N2O9. The van der Waals surface area contributed by atoms with Gasteiger partial charge in [0.2, 0.25) is 5.91 Å². The first-order chi connectivity index (χ1) is 12.3. The molecule has 1 aliphatic rings. The van der Waals surface area contributed by atoms with E-state index in [9.17, 15) is 19.8 Å². The average Bonchev–Trinajstić information content (AvgIpc) is 2.59. The smallest absolute Gasteiger partial charge is 0.405 e. The number of carbonyl (C=O) groups is 2. The predicted octanol–water partition coefficient (Wildman–Crippen LogP) is -2.21. The Hall–Kier alpha value is -1.76. The Labute approximate surface area is 150 Å². The third-order valence-corrected chi connectivity index (χ3v) is 3.60. The summed E-state index contributed by atoms with van der Waals surface area (Å²) >= 11 is 0. The minimum absolute atomic E-state index is 0.00212. The second-order valence-electron chi connectivity index (χ2n) is 5.70. The standard InChI is InChI=1S/C15H26N2O9/c1-8(2)13(21)16-3-4-24-5-6-25-14-10(17-15(22)23)12(20)11(19)9(7-18)26-14/h9-12,14,17-20H,1,3-7H2,2H3,(H,16,21)(H,22,23)/t9-,10-,11-,12-,14-/m0/s1. The monoisotopic (exact) mass is 378 g/mol. The number of carboxylic acid groups (broad SMARTS) is 1. The lowest BCUT2D eigenvalue weighted by atomic mass is 9.97. The molecule has 26 heavy (non-hydrogen) atoms. The molecule has 1 saturated heterocycles. The number of ether oxygens (including phenoxy) is 3. The third-order valence-electron chi connectivity index (χ3n) is 3.60. The van der Waals surface area contributed by atoms with E-state index in [2.05, 4.69) is 11.9 Å². The lowest BCUT2D eigenvalue weighted by molar-refractivity contribution is -0.271. The molecule has 150 valence electrons. The van der Waals surface area contributed by atoms with Crippen LogP contribution < -0.4 is 10.6 Å². The second kappa shape index (κ2) is 11.1. The Morgan fingerprint density at radius 1 is 1.19 bits per heavy atom. The van der Waals surface area contributed by atoms with Crippen molar-refractivity contribution in [1.82, 2.24) is 10.6 Å². The Kier molecular flexibility index (Phi) is 9.48. The van der Waals surface area contributed by atoms with Gasteiger partial charge in [-0.05, 0) is 6.92 Å². The zero-order chi connectivity index (χ0) is 19.7. The van der Waals surface area contributed by atoms with E-state index >= 15 is 0 Å². The molecule has 0 bridgehead atoms. The van der Waals surface area contributed by atoms with Crippen molar-refractivity contribution in [3.05, 3.63) is 12.2 Å². The molecule has 0 aromatic rings. The molecule has 0 saturated carbocycles. The van der Waals surface area contributed by atoms with Crippen molar-refractivity contribution < 1.29 is 44.2 Å². The van der Waals surface area contributed by atoms with Gasteiger partial charge in [0.05, 0.1) is 26.4 Å². The number of nitrogens with one attached hydrogen (secondary N) is 2. The molecule has 0 aliphatic carbocycles. The summed E-state index contributed by atoms with van der Waals surface area (Å²) in [7, 11) is 0. The van der Waals surface area contributed by atoms with Crippen LogP contribution in [0.15, 0.2) is 12.2 Å². The highest BCUT2D eigenvalue weighted by molar-refractivity contribution is 5.92. The highest BCUT2D eigenvalue weighted by Crippen LogP contribution is 2.22. The molecule has 0 aromatic carbocycles. The van der Waals surface area contributed by atoms with Crippen LogP contribution in [0.25, 0.3) is 0 Å². The normalized spacial score (nSPS) is 28.4. The van der Waals surface area contributed by atoms with Gasteiger partial charge in [-0.1, -0.05) is 6.58 Å². The quantitative estimate of drug-likeness (QED) is 0.182. The summed E-state index contributed by atoms with van der Waals surface area (Å²) in [6.07, 6.45) is -6.73. The number of amides is 2. The summed E-state index contributed by atoms with van der Waals surface area (Å²) in [4.78, 5) is 22.1. The number of hydrogen-bond acceptors (Lipinski definition) is 8. The first-order valence-electron chi connectivity index (χ1n) is 8.02. The summed E-state index contributed by atoms with van der Waals surface area (Å²) < 4.78 is 15.9. The van der Waals surface area contributed by atoms with Crippen molar-refractivity contribution in [3.8, 4) is 0 Å². The van der Waals surface area contributed by atoms with E-state index in [1.807, 2.05) is 5.32 Å². The maximum absolute atomic E-state index is 11.3. The minimum atomic E-state index is -1.51. The van der Waals surface area contributed by atoms with Gasteiger partial charge < -0.3 is 45.3 Å². The van der Waals surface area contributed by atoms with Crippen LogP contribution in [0.2, 0.25) is 0 Å². The van der Waals surface area contributed by atoms with E-state index in [-0.39, 0.29) is 32.3 Å². The van der Waals surface area contributed by atoms with Crippen molar-refractivity contribution >= 4 is 12.0 Å². The van der Waals surface area contributed by atoms with Gasteiger partial charge >= 0.3 is 6.09 Å². The molecule has 0 unspecified atom stereocenters. The van der Waals surface area contributed by atoms with E-state index in [0.29, 0.717) is 5.57 Å². The van der Waals surface area contributed by atoms with Gasteiger partial charge in [0.1, 0.15) is 24.4 Å². The molecule has 1 fully saturated rings. The van der Waals surface area contributed by atoms with Crippen LogP contribution in [0.1, 0.15) is 6.92 Å². The summed E-state index contributed by atoms with van der Waals surface area (Å²) in [6.45, 7) is 5.13. The molecule has 2 amide bonds. The van der Waals surface area contributed by atoms with E-state index in [0.717, 1.165) is 0 Å². The van der Waals surface area contributed by atoms with Crippen LogP contribution >= 0.6 is 0 Å². The molecule has 0 aromatic heterocycles. The Bertz CT molecular complexity index is 488. The van der Waals surface area contributed by atoms with Crippen molar-refractivity contribution in [3.63, 3.8) is 0 Å². The fraction of sp³-hybridized carbons (Fsp3) is 0.733. The summed E-state index contributed by atoms with van der Waals surface area (Å²) in [5.74, 6) is -0.273. The van der Waals surface area contributed by atoms with Crippen LogP contribution in [0.3, 0.4) is 0 Å². The lowest BCUT2D eigenvalue weighted by Crippen LogP contribution is -2.64. The van der Waals surface area contributed by atoms with Gasteiger partial charge in [-0.25, -0.2) is 4.79 Å². The maximum atomic E-state index is 11.3. The predicted molar refractivity (Wildman–Crippen MR) is 87.3 cm³/mol. The molecule has 1 aliphatic heterocycles. The van der Waals surface area contributed by atoms with Gasteiger partial charge in [0.25, 0.3) is 0 Å². The fourth-order valence-corrected chi connectivity index (χ4v) is 2.23. The maximum Gasteiger partial charge on any atom is 0.405 e. The van der Waals surface area contributed by atoms with Gasteiger partial charge in [-0.2, -0.15) is 0 Å². The highest BCUT2D eigenvalue weighted by atomic mass is 16.7. The van der Waals surface area contributed by atoms with E-state index in [1.54, 1.807) is 6.92 Å². The molecule has 6 N–H and O–H groups in total. The largest absolute Gasteiger partial charge is 0.465 e. The Balaban J connectivity index is 2.38. The van der Waals surface area contributed by atoms with E-state index in [4.69, 9.17) is 24.4 Å². The number of carbonyl (C=O) groups excluding carboxylic acids is 1. The Morgan fingerprint density at radius 3 is 2.46 bits per heavy atom. The van der Waals surface area contributed by atoms with Crippen LogP contribution in [0.5, 0.6) is 0 Å². The first-order valence-corrected chi connectivity index (χ1v) is 8.02. The van der Waals surface area contributed by atoms with Crippen molar-refractivity contribution in [1.29, 1.82) is 0 Å². The van der Waals surface area contributed by atoms with Crippen LogP contribution in [0, 0.1) is 0 Å². The summed E-state index contributed by atoms with van der Waals surface area (Å²) in [5, 5.41) is 42.4. The minimum Gasteiger partial charge on any atom is -0.465 e. The Morgan fingerprint density at radius 2 is 1.88 bits per heavy atom. The lowest BCUT2D eigenvalue weighted by Gasteiger charge is -2.41. The highest BCUT2D eigenvalue weighted by Gasteiger charge is 2.45. The average molecular weight is 378 g/mol. The fourth-order valence-electron chi connectivity index (χ4n) is 2.23. The molecule has 1 rings (SSSR count). The molecule has 1 heterocycles. The number of hydrogen-bond donors (Lipinski definition) is 6. The van der Waals surface area contributed by atoms with Crippen molar-refractivity contribution in [2.24, 2.45) is 0 Å². The first kappa shape index (κ1) is 22.3. The molecular weight excluding hydrogens is 352 g/mol. The van der Waals surface area contributed by atoms with Crippen LogP contribution in [-0.4, -0.2) is 96.0 Å². The van der Waals surface area contributed by atoms with Crippen molar-refractivity contribution in [2.45, 2.75) is 37.6 Å². The topological polar surface area (TPSA) is 167 Å². The van der Waals surface area contributed by atoms with Gasteiger partial charge in [0.15, 0.2) is 6.29 Å². The number of rotatable bonds is 10. The zero-order valence-corrected chi connectivity index (χ0v) is 14.5. The SMILES string of the molecule is C=C(C)C(=O)NCCOCCO[C@H]1O[C@@H](CO)[C@H](O)[C@@H](O)[C@@H]1NC(=O)O. The van der Waals surface area contributed by atoms with Crippen molar-refractivity contribution in [2.75, 3.05) is 33.0 Å². The van der Waals surface area contributed by atoms with Gasteiger partial charge in [-0.3, -0.25) is 4.79 Å². The van der Waals surface area contributed by atoms with Crippen LogP contribution in [0.4, 0.5) is 4.79 Å². The molecule has 0 spiro atoms. The number of aliphatic hydroxyl groups excluding tert-OH is 3. The molecule has 5 atom stereocenters. The zero-order valence-electron chi connectivity index (χ0n) is 14.5. The molecule has 0 radical (unpaired) electrons. The van der Waals surface area contributed by atoms with E-state index < -0.39 is 43.3 Å². The summed E-state index contributed by atoms with van der Waals surface area (Å²) in [5.41, 5.74) is 0.388. The third kappa shape index (κ3) is 6.86. The molecule has 11 heteroatoms. The number of aliphatic hydroxyl groups is 3. The summed E-state index contributed by atoms with van der Waals surface area (Å²) in [6, 6.07) is -1.24. The van der Waals surface area contributed by atoms with Crippen LogP contribution in [-0.2, 0) is 19.0 Å². The van der Waals surface area contributed by atoms with Gasteiger partial charge in [0, 0.05) is 12.1 Å².